The molecule has 0 amide bonds. The van der Waals surface area contributed by atoms with Gasteiger partial charge in [-0.3, -0.25) is 9.36 Å². The Hall–Kier alpha value is -0.550. The van der Waals surface area contributed by atoms with Gasteiger partial charge in [0, 0.05) is 11.9 Å². The number of halogens is 1. The molecule has 0 saturated carbocycles. The van der Waals surface area contributed by atoms with Crippen molar-refractivity contribution in [2.45, 2.75) is 24.9 Å². The Morgan fingerprint density at radius 1 is 1.67 bits per heavy atom. The van der Waals surface area contributed by atoms with Crippen LogP contribution in [0.5, 0.6) is 0 Å². The Balaban J connectivity index is 2.44. The third-order valence-electron chi connectivity index (χ3n) is 2.27. The molecule has 2 rings (SSSR count). The number of allylic oxidation sites excluding steroid dienone is 2. The Labute approximate surface area is 101 Å². The molecule has 1 aliphatic rings. The number of fused-ring (bicyclic) bond motifs is 1. The molecule has 0 bridgehead atoms. The van der Waals surface area contributed by atoms with E-state index < -0.39 is 0 Å². The molecule has 5 heteroatoms. The van der Waals surface area contributed by atoms with E-state index in [1.54, 1.807) is 22.7 Å². The van der Waals surface area contributed by atoms with Crippen LogP contribution >= 0.6 is 27.7 Å². The molecule has 1 aromatic heterocycles. The Morgan fingerprint density at radius 2 is 2.47 bits per heavy atom. The molecule has 1 aliphatic heterocycles. The van der Waals surface area contributed by atoms with Gasteiger partial charge < -0.3 is 0 Å². The SMILES string of the molecule is CC1=CCc2c(ncn(CCBr)c2=O)S1. The van der Waals surface area contributed by atoms with Gasteiger partial charge in [0.15, 0.2) is 0 Å². The molecular formula is C10H11BrN2OS. The van der Waals surface area contributed by atoms with Crippen LogP contribution in [0.15, 0.2) is 27.1 Å². The summed E-state index contributed by atoms with van der Waals surface area (Å²) in [6, 6.07) is 0. The summed E-state index contributed by atoms with van der Waals surface area (Å²) >= 11 is 4.90. The lowest BCUT2D eigenvalue weighted by atomic mass is 10.2. The molecule has 0 spiro atoms. The Bertz CT molecular complexity index is 467. The third kappa shape index (κ3) is 2.18. The summed E-state index contributed by atoms with van der Waals surface area (Å²) in [4.78, 5) is 17.5. The fourth-order valence-corrected chi connectivity index (χ4v) is 2.72. The zero-order valence-corrected chi connectivity index (χ0v) is 10.8. The maximum atomic E-state index is 12.0. The number of rotatable bonds is 2. The average Bonchev–Trinajstić information content (AvgIpc) is 2.22. The predicted octanol–water partition coefficient (Wildman–Crippen LogP) is 2.19. The first-order valence-electron chi connectivity index (χ1n) is 4.71. The van der Waals surface area contributed by atoms with Crippen molar-refractivity contribution in [3.05, 3.63) is 33.2 Å². The summed E-state index contributed by atoms with van der Waals surface area (Å²) in [5.74, 6) is 0. The molecule has 0 aromatic carbocycles. The standard InChI is InChI=1S/C10H11BrN2OS/c1-7-2-3-8-9(15-7)12-6-13(5-4-11)10(8)14/h2,6H,3-5H2,1H3. The molecule has 1 aromatic rings. The zero-order valence-electron chi connectivity index (χ0n) is 8.36. The van der Waals surface area contributed by atoms with Crippen LogP contribution < -0.4 is 5.56 Å². The largest absolute Gasteiger partial charge is 0.298 e. The van der Waals surface area contributed by atoms with Crippen molar-refractivity contribution in [3.8, 4) is 0 Å². The van der Waals surface area contributed by atoms with Crippen LogP contribution in [0, 0.1) is 0 Å². The van der Waals surface area contributed by atoms with Gasteiger partial charge in [-0.15, -0.1) is 0 Å². The van der Waals surface area contributed by atoms with Crippen molar-refractivity contribution < 1.29 is 0 Å². The molecule has 0 fully saturated rings. The van der Waals surface area contributed by atoms with E-state index in [9.17, 15) is 4.79 Å². The van der Waals surface area contributed by atoms with Crippen LogP contribution in [0.1, 0.15) is 12.5 Å². The molecule has 0 aliphatic carbocycles. The number of thioether (sulfide) groups is 1. The smallest absolute Gasteiger partial charge is 0.257 e. The van der Waals surface area contributed by atoms with Gasteiger partial charge in [-0.1, -0.05) is 33.8 Å². The highest BCUT2D eigenvalue weighted by Crippen LogP contribution is 2.30. The molecule has 2 heterocycles. The van der Waals surface area contributed by atoms with Gasteiger partial charge in [0.05, 0.1) is 11.9 Å². The van der Waals surface area contributed by atoms with E-state index in [4.69, 9.17) is 0 Å². The third-order valence-corrected chi connectivity index (χ3v) is 3.66. The predicted molar refractivity (Wildman–Crippen MR) is 65.6 cm³/mol. The van der Waals surface area contributed by atoms with Gasteiger partial charge in [-0.05, 0) is 18.2 Å². The quantitative estimate of drug-likeness (QED) is 0.618. The molecule has 80 valence electrons. The van der Waals surface area contributed by atoms with Crippen LogP contribution in [-0.2, 0) is 13.0 Å². The first-order valence-corrected chi connectivity index (χ1v) is 6.65. The fraction of sp³-hybridized carbons (Fsp3) is 0.400. The second-order valence-electron chi connectivity index (χ2n) is 3.34. The van der Waals surface area contributed by atoms with Gasteiger partial charge in [-0.25, -0.2) is 4.98 Å². The minimum absolute atomic E-state index is 0.0932. The first kappa shape index (κ1) is 11.0. The second kappa shape index (κ2) is 4.53. The van der Waals surface area contributed by atoms with Crippen LogP contribution in [0.3, 0.4) is 0 Å². The minimum Gasteiger partial charge on any atom is -0.298 e. The molecular weight excluding hydrogens is 276 g/mol. The molecule has 3 nitrogen and oxygen atoms in total. The summed E-state index contributed by atoms with van der Waals surface area (Å²) in [6.07, 6.45) is 4.42. The van der Waals surface area contributed by atoms with E-state index >= 15 is 0 Å². The molecule has 0 radical (unpaired) electrons. The highest BCUT2D eigenvalue weighted by molar-refractivity contribution is 9.09. The number of aryl methyl sites for hydroxylation is 1. The van der Waals surface area contributed by atoms with E-state index in [1.165, 1.54) is 4.91 Å². The minimum atomic E-state index is 0.0932. The first-order chi connectivity index (χ1) is 7.22. The Kier molecular flexibility index (Phi) is 3.31. The monoisotopic (exact) mass is 286 g/mol. The van der Waals surface area contributed by atoms with Gasteiger partial charge in [0.1, 0.15) is 5.03 Å². The molecule has 15 heavy (non-hydrogen) atoms. The van der Waals surface area contributed by atoms with E-state index in [1.807, 2.05) is 6.92 Å². The number of nitrogens with zero attached hydrogens (tertiary/aromatic N) is 2. The van der Waals surface area contributed by atoms with E-state index in [-0.39, 0.29) is 5.56 Å². The van der Waals surface area contributed by atoms with Crippen LogP contribution in [0.2, 0.25) is 0 Å². The molecule has 0 N–H and O–H groups in total. The Morgan fingerprint density at radius 3 is 3.20 bits per heavy atom. The van der Waals surface area contributed by atoms with Crippen molar-refractivity contribution in [1.29, 1.82) is 0 Å². The van der Waals surface area contributed by atoms with Gasteiger partial charge >= 0.3 is 0 Å². The second-order valence-corrected chi connectivity index (χ2v) is 5.36. The van der Waals surface area contributed by atoms with Gasteiger partial charge in [0.25, 0.3) is 5.56 Å². The number of alkyl halides is 1. The topological polar surface area (TPSA) is 34.9 Å². The van der Waals surface area contributed by atoms with Crippen molar-refractivity contribution in [2.24, 2.45) is 0 Å². The van der Waals surface area contributed by atoms with Crippen molar-refractivity contribution in [3.63, 3.8) is 0 Å². The maximum Gasteiger partial charge on any atom is 0.257 e. The zero-order chi connectivity index (χ0) is 10.8. The summed E-state index contributed by atoms with van der Waals surface area (Å²) in [5, 5.41) is 1.64. The highest BCUT2D eigenvalue weighted by atomic mass is 79.9. The van der Waals surface area contributed by atoms with Crippen LogP contribution in [-0.4, -0.2) is 14.9 Å². The molecule has 0 unspecified atom stereocenters. The number of hydrogen-bond acceptors (Lipinski definition) is 3. The van der Waals surface area contributed by atoms with Crippen LogP contribution in [0.25, 0.3) is 0 Å². The lowest BCUT2D eigenvalue weighted by molar-refractivity contribution is 0.687. The van der Waals surface area contributed by atoms with Crippen molar-refractivity contribution in [2.75, 3.05) is 5.33 Å². The lowest BCUT2D eigenvalue weighted by Gasteiger charge is -2.13. The average molecular weight is 287 g/mol. The molecule has 0 saturated heterocycles. The lowest BCUT2D eigenvalue weighted by Crippen LogP contribution is -2.26. The summed E-state index contributed by atoms with van der Waals surface area (Å²) in [7, 11) is 0. The number of hydrogen-bond donors (Lipinski definition) is 0. The van der Waals surface area contributed by atoms with Crippen molar-refractivity contribution >= 4 is 27.7 Å². The fourth-order valence-electron chi connectivity index (χ4n) is 1.47. The summed E-state index contributed by atoms with van der Waals surface area (Å²) in [5.41, 5.74) is 0.921. The highest BCUT2D eigenvalue weighted by Gasteiger charge is 2.15. The normalized spacial score (nSPS) is 14.7. The van der Waals surface area contributed by atoms with E-state index in [2.05, 4.69) is 27.0 Å². The number of aromatic nitrogens is 2. The molecule has 0 atom stereocenters. The maximum absolute atomic E-state index is 12.0. The summed E-state index contributed by atoms with van der Waals surface area (Å²) in [6.45, 7) is 2.71. The van der Waals surface area contributed by atoms with Gasteiger partial charge in [-0.2, -0.15) is 0 Å². The van der Waals surface area contributed by atoms with Crippen LogP contribution in [0.4, 0.5) is 0 Å². The van der Waals surface area contributed by atoms with Gasteiger partial charge in [0.2, 0.25) is 0 Å². The van der Waals surface area contributed by atoms with E-state index in [0.29, 0.717) is 13.0 Å². The van der Waals surface area contributed by atoms with Crippen molar-refractivity contribution in [1.82, 2.24) is 9.55 Å². The van der Waals surface area contributed by atoms with E-state index in [0.717, 1.165) is 15.9 Å². The summed E-state index contributed by atoms with van der Waals surface area (Å²) < 4.78 is 1.66.